The second-order valence-electron chi connectivity index (χ2n) is 4.77. The first-order valence-electron chi connectivity index (χ1n) is 6.33. The van der Waals surface area contributed by atoms with Gasteiger partial charge in [-0.2, -0.15) is 8.42 Å². The summed E-state index contributed by atoms with van der Waals surface area (Å²) in [6.45, 7) is -0.381. The van der Waals surface area contributed by atoms with Crippen molar-refractivity contribution < 1.29 is 26.6 Å². The molecule has 0 aromatic carbocycles. The van der Waals surface area contributed by atoms with Crippen LogP contribution in [0, 0.1) is 5.82 Å². The van der Waals surface area contributed by atoms with Gasteiger partial charge in [0.2, 0.25) is 11.8 Å². The first-order chi connectivity index (χ1) is 10.2. The molecule has 1 unspecified atom stereocenters. The molecule has 0 radical (unpaired) electrons. The van der Waals surface area contributed by atoms with Crippen LogP contribution in [0.5, 0.6) is 0 Å². The fraction of sp³-hybridized carbons (Fsp3) is 0.417. The first kappa shape index (κ1) is 16.3. The quantitative estimate of drug-likeness (QED) is 0.572. The van der Waals surface area contributed by atoms with E-state index in [2.05, 4.69) is 19.8 Å². The average Bonchev–Trinajstić information content (AvgIpc) is 2.41. The topological polar surface area (TPSA) is 114 Å². The van der Waals surface area contributed by atoms with Gasteiger partial charge in [-0.3, -0.25) is 24.1 Å². The van der Waals surface area contributed by atoms with Crippen LogP contribution in [0.25, 0.3) is 0 Å². The molecule has 0 aliphatic carbocycles. The Morgan fingerprint density at radius 2 is 2.23 bits per heavy atom. The van der Waals surface area contributed by atoms with Gasteiger partial charge in [-0.25, -0.2) is 4.39 Å². The van der Waals surface area contributed by atoms with E-state index in [1.54, 1.807) is 0 Å². The SMILES string of the molecule is CS(=O)(=O)OCc1cc(F)c(NC2CCC(=O)NC2=O)cn1. The monoisotopic (exact) mass is 331 g/mol. The minimum absolute atomic E-state index is 0.0161. The second-order valence-corrected chi connectivity index (χ2v) is 6.41. The lowest BCUT2D eigenvalue weighted by atomic mass is 10.1. The van der Waals surface area contributed by atoms with E-state index >= 15 is 0 Å². The lowest BCUT2D eigenvalue weighted by molar-refractivity contribution is -0.133. The number of rotatable bonds is 5. The molecule has 10 heteroatoms. The number of nitrogens with one attached hydrogen (secondary N) is 2. The summed E-state index contributed by atoms with van der Waals surface area (Å²) >= 11 is 0. The lowest BCUT2D eigenvalue weighted by Crippen LogP contribution is -2.47. The third-order valence-corrected chi connectivity index (χ3v) is 3.45. The first-order valence-corrected chi connectivity index (χ1v) is 8.15. The molecule has 1 aliphatic rings. The van der Waals surface area contributed by atoms with E-state index < -0.39 is 27.9 Å². The van der Waals surface area contributed by atoms with Crippen LogP contribution in [0.1, 0.15) is 18.5 Å². The summed E-state index contributed by atoms with van der Waals surface area (Å²) in [5.74, 6) is -1.60. The Hall–Kier alpha value is -2.07. The molecule has 1 aromatic rings. The molecule has 2 amide bonds. The Labute approximate surface area is 126 Å². The van der Waals surface area contributed by atoms with Gasteiger partial charge in [-0.05, 0) is 12.5 Å². The molecular formula is C12H14FN3O5S. The lowest BCUT2D eigenvalue weighted by Gasteiger charge is -2.22. The molecule has 1 atom stereocenters. The maximum atomic E-state index is 13.9. The molecule has 0 spiro atoms. The second kappa shape index (κ2) is 6.36. The van der Waals surface area contributed by atoms with Gasteiger partial charge in [0.25, 0.3) is 10.1 Å². The van der Waals surface area contributed by atoms with Crippen molar-refractivity contribution in [3.8, 4) is 0 Å². The van der Waals surface area contributed by atoms with Crippen molar-refractivity contribution in [1.82, 2.24) is 10.3 Å². The Kier molecular flexibility index (Phi) is 4.71. The maximum Gasteiger partial charge on any atom is 0.264 e. The molecule has 1 saturated heterocycles. The van der Waals surface area contributed by atoms with Crippen LogP contribution in [0.2, 0.25) is 0 Å². The predicted molar refractivity (Wildman–Crippen MR) is 73.6 cm³/mol. The number of amides is 2. The number of hydrogen-bond acceptors (Lipinski definition) is 7. The van der Waals surface area contributed by atoms with Gasteiger partial charge < -0.3 is 5.32 Å². The predicted octanol–water partition coefficient (Wildman–Crippen LogP) is -0.0860. The highest BCUT2D eigenvalue weighted by Gasteiger charge is 2.27. The van der Waals surface area contributed by atoms with E-state index in [0.29, 0.717) is 0 Å². The minimum atomic E-state index is -3.64. The molecule has 2 heterocycles. The van der Waals surface area contributed by atoms with Gasteiger partial charge in [0, 0.05) is 6.42 Å². The molecular weight excluding hydrogens is 317 g/mol. The maximum absolute atomic E-state index is 13.9. The summed E-state index contributed by atoms with van der Waals surface area (Å²) in [6.07, 6.45) is 2.43. The van der Waals surface area contributed by atoms with Gasteiger partial charge in [-0.15, -0.1) is 0 Å². The normalized spacial score (nSPS) is 18.9. The zero-order chi connectivity index (χ0) is 16.3. The van der Waals surface area contributed by atoms with E-state index in [0.717, 1.165) is 18.5 Å². The fourth-order valence-electron chi connectivity index (χ4n) is 1.84. The average molecular weight is 331 g/mol. The molecule has 22 heavy (non-hydrogen) atoms. The Morgan fingerprint density at radius 1 is 1.50 bits per heavy atom. The highest BCUT2D eigenvalue weighted by molar-refractivity contribution is 7.85. The van der Waals surface area contributed by atoms with Crippen LogP contribution in [0.4, 0.5) is 10.1 Å². The fourth-order valence-corrected chi connectivity index (χ4v) is 2.18. The van der Waals surface area contributed by atoms with E-state index in [1.165, 1.54) is 0 Å². The summed E-state index contributed by atoms with van der Waals surface area (Å²) in [4.78, 5) is 26.5. The number of carbonyl (C=O) groups excluding carboxylic acids is 2. The van der Waals surface area contributed by atoms with Gasteiger partial charge in [-0.1, -0.05) is 0 Å². The summed E-state index contributed by atoms with van der Waals surface area (Å²) < 4.78 is 40.1. The van der Waals surface area contributed by atoms with E-state index in [-0.39, 0.29) is 36.7 Å². The van der Waals surface area contributed by atoms with Crippen LogP contribution >= 0.6 is 0 Å². The van der Waals surface area contributed by atoms with Gasteiger partial charge in [0.15, 0.2) is 0 Å². The molecule has 1 aromatic heterocycles. The minimum Gasteiger partial charge on any atom is -0.370 e. The number of pyridine rings is 1. The van der Waals surface area contributed by atoms with Crippen LogP contribution in [0.15, 0.2) is 12.3 Å². The standard InChI is InChI=1S/C12H14FN3O5S/c1-22(19,20)21-6-7-4-8(13)10(5-14-7)15-9-2-3-11(17)16-12(9)18/h4-5,9,15H,2-3,6H2,1H3,(H,16,17,18). The molecule has 120 valence electrons. The number of carbonyl (C=O) groups is 2. The van der Waals surface area contributed by atoms with Crippen molar-refractivity contribution >= 4 is 27.6 Å². The number of anilines is 1. The molecule has 0 bridgehead atoms. The van der Waals surface area contributed by atoms with Crippen molar-refractivity contribution in [2.45, 2.75) is 25.5 Å². The van der Waals surface area contributed by atoms with Crippen molar-refractivity contribution in [1.29, 1.82) is 0 Å². The Morgan fingerprint density at radius 3 is 2.82 bits per heavy atom. The van der Waals surface area contributed by atoms with E-state index in [4.69, 9.17) is 0 Å². The third-order valence-electron chi connectivity index (χ3n) is 2.90. The number of aromatic nitrogens is 1. The number of hydrogen-bond donors (Lipinski definition) is 2. The van der Waals surface area contributed by atoms with Crippen molar-refractivity contribution in [2.75, 3.05) is 11.6 Å². The summed E-state index contributed by atoms with van der Waals surface area (Å²) in [7, 11) is -3.64. The summed E-state index contributed by atoms with van der Waals surface area (Å²) in [5, 5.41) is 4.81. The highest BCUT2D eigenvalue weighted by Crippen LogP contribution is 2.18. The number of halogens is 1. The molecule has 1 aliphatic heterocycles. The molecule has 8 nitrogen and oxygen atoms in total. The smallest absolute Gasteiger partial charge is 0.264 e. The zero-order valence-electron chi connectivity index (χ0n) is 11.6. The Bertz CT molecular complexity index is 707. The number of imide groups is 1. The van der Waals surface area contributed by atoms with Gasteiger partial charge in [0.05, 0.1) is 23.8 Å². The number of piperidine rings is 1. The van der Waals surface area contributed by atoms with Crippen LogP contribution in [-0.4, -0.2) is 37.5 Å². The molecule has 1 fully saturated rings. The van der Waals surface area contributed by atoms with Crippen molar-refractivity contribution in [2.24, 2.45) is 0 Å². The van der Waals surface area contributed by atoms with E-state index in [1.807, 2.05) is 0 Å². The summed E-state index contributed by atoms with van der Waals surface area (Å²) in [5.41, 5.74) is 0.0781. The Balaban J connectivity index is 2.03. The van der Waals surface area contributed by atoms with Crippen LogP contribution < -0.4 is 10.6 Å². The zero-order valence-corrected chi connectivity index (χ0v) is 12.4. The van der Waals surface area contributed by atoms with Crippen LogP contribution in [-0.2, 0) is 30.5 Å². The highest BCUT2D eigenvalue weighted by atomic mass is 32.2. The van der Waals surface area contributed by atoms with Crippen molar-refractivity contribution in [3.63, 3.8) is 0 Å². The van der Waals surface area contributed by atoms with Gasteiger partial charge in [0.1, 0.15) is 18.5 Å². The number of nitrogens with zero attached hydrogens (tertiary/aromatic N) is 1. The summed E-state index contributed by atoms with van der Waals surface area (Å²) in [6, 6.07) is 0.284. The third kappa shape index (κ3) is 4.46. The van der Waals surface area contributed by atoms with E-state index in [9.17, 15) is 22.4 Å². The largest absolute Gasteiger partial charge is 0.370 e. The van der Waals surface area contributed by atoms with Crippen LogP contribution in [0.3, 0.4) is 0 Å². The molecule has 0 saturated carbocycles. The molecule has 2 N–H and O–H groups in total. The van der Waals surface area contributed by atoms with Crippen molar-refractivity contribution in [3.05, 3.63) is 23.8 Å². The van der Waals surface area contributed by atoms with Gasteiger partial charge >= 0.3 is 0 Å². The molecule has 2 rings (SSSR count).